The van der Waals surface area contributed by atoms with Crippen molar-refractivity contribution in [3.63, 3.8) is 0 Å². The molecule has 0 aliphatic heterocycles. The first kappa shape index (κ1) is 21.7. The zero-order valence-electron chi connectivity index (χ0n) is 17.5. The molecule has 0 radical (unpaired) electrons. The molecule has 0 aromatic heterocycles. The lowest BCUT2D eigenvalue weighted by Crippen LogP contribution is -2.28. The Morgan fingerprint density at radius 3 is 2.53 bits per heavy atom. The van der Waals surface area contributed by atoms with Gasteiger partial charge in [-0.3, -0.25) is 9.59 Å². The van der Waals surface area contributed by atoms with E-state index in [-0.39, 0.29) is 23.3 Å². The molecule has 30 heavy (non-hydrogen) atoms. The van der Waals surface area contributed by atoms with E-state index in [1.54, 1.807) is 19.1 Å². The number of anilines is 1. The Kier molecular flexibility index (Phi) is 7.36. The van der Waals surface area contributed by atoms with Gasteiger partial charge in [0.1, 0.15) is 5.75 Å². The maximum atomic E-state index is 12.4. The van der Waals surface area contributed by atoms with Crippen molar-refractivity contribution >= 4 is 40.0 Å². The summed E-state index contributed by atoms with van der Waals surface area (Å²) in [4.78, 5) is 26.2. The highest BCUT2D eigenvalue weighted by molar-refractivity contribution is 8.00. The van der Waals surface area contributed by atoms with Crippen LogP contribution in [0.1, 0.15) is 11.1 Å². The highest BCUT2D eigenvalue weighted by Crippen LogP contribution is 2.22. The van der Waals surface area contributed by atoms with Gasteiger partial charge in [-0.15, -0.1) is 11.8 Å². The average molecular weight is 423 g/mol. The van der Waals surface area contributed by atoms with Crippen LogP contribution >= 0.6 is 11.8 Å². The quantitative estimate of drug-likeness (QED) is 0.581. The highest BCUT2D eigenvalue weighted by atomic mass is 32.2. The molecule has 156 valence electrons. The summed E-state index contributed by atoms with van der Waals surface area (Å²) in [6.45, 7) is 2.50. The second-order valence-electron chi connectivity index (χ2n) is 7.21. The fourth-order valence-electron chi connectivity index (χ4n) is 3.12. The molecule has 3 aromatic carbocycles. The molecule has 0 unspecified atom stereocenters. The van der Waals surface area contributed by atoms with E-state index in [4.69, 9.17) is 4.74 Å². The van der Waals surface area contributed by atoms with Gasteiger partial charge in [0.15, 0.2) is 0 Å². The minimum Gasteiger partial charge on any atom is -0.497 e. The third-order valence-electron chi connectivity index (χ3n) is 4.72. The number of hydrogen-bond acceptors (Lipinski definition) is 4. The van der Waals surface area contributed by atoms with Gasteiger partial charge >= 0.3 is 0 Å². The molecule has 0 saturated heterocycles. The van der Waals surface area contributed by atoms with E-state index in [0.717, 1.165) is 33.3 Å². The zero-order chi connectivity index (χ0) is 21.5. The summed E-state index contributed by atoms with van der Waals surface area (Å²) in [5.41, 5.74) is 2.92. The van der Waals surface area contributed by atoms with Crippen molar-refractivity contribution in [2.24, 2.45) is 0 Å². The lowest BCUT2D eigenvalue weighted by molar-refractivity contribution is -0.127. The fourth-order valence-corrected chi connectivity index (χ4v) is 3.88. The van der Waals surface area contributed by atoms with Gasteiger partial charge in [0.25, 0.3) is 0 Å². The minimum absolute atomic E-state index is 0.00168. The Bertz CT molecular complexity index is 1050. The molecule has 0 fully saturated rings. The fraction of sp³-hybridized carbons (Fsp3) is 0.250. The lowest BCUT2D eigenvalue weighted by atomic mass is 10.1. The normalized spacial score (nSPS) is 10.6. The molecular weight excluding hydrogens is 396 g/mol. The van der Waals surface area contributed by atoms with Gasteiger partial charge < -0.3 is 15.0 Å². The molecule has 3 rings (SSSR count). The number of rotatable bonds is 8. The zero-order valence-corrected chi connectivity index (χ0v) is 18.3. The number of carbonyl (C=O) groups is 2. The predicted molar refractivity (Wildman–Crippen MR) is 124 cm³/mol. The third kappa shape index (κ3) is 6.00. The standard InChI is InChI=1S/C24H26N2O3S/c1-17-5-4-6-21(11-17)25-23(27)15-30-16-24(28)26(2)14-18-7-8-20-13-22(29-3)10-9-19(20)12-18/h4-13H,14-16H2,1-3H3,(H,25,27). The number of hydrogen-bond donors (Lipinski definition) is 1. The van der Waals surface area contributed by atoms with Crippen LogP contribution in [-0.4, -0.2) is 42.4 Å². The summed E-state index contributed by atoms with van der Waals surface area (Å²) in [5, 5.41) is 5.06. The third-order valence-corrected chi connectivity index (χ3v) is 5.64. The second-order valence-corrected chi connectivity index (χ2v) is 8.19. The van der Waals surface area contributed by atoms with Crippen LogP contribution in [0.3, 0.4) is 0 Å². The van der Waals surface area contributed by atoms with Crippen molar-refractivity contribution in [3.8, 4) is 5.75 Å². The monoisotopic (exact) mass is 422 g/mol. The number of nitrogens with zero attached hydrogens (tertiary/aromatic N) is 1. The van der Waals surface area contributed by atoms with Gasteiger partial charge in [-0.05, 0) is 59.2 Å². The lowest BCUT2D eigenvalue weighted by Gasteiger charge is -2.17. The average Bonchev–Trinajstić information content (AvgIpc) is 2.73. The van der Waals surface area contributed by atoms with E-state index < -0.39 is 0 Å². The largest absolute Gasteiger partial charge is 0.497 e. The number of amides is 2. The van der Waals surface area contributed by atoms with E-state index in [1.807, 2.05) is 61.5 Å². The van der Waals surface area contributed by atoms with Crippen molar-refractivity contribution in [1.29, 1.82) is 0 Å². The van der Waals surface area contributed by atoms with Crippen LogP contribution in [-0.2, 0) is 16.1 Å². The molecule has 0 spiro atoms. The van der Waals surface area contributed by atoms with Crippen molar-refractivity contribution in [2.45, 2.75) is 13.5 Å². The van der Waals surface area contributed by atoms with Crippen LogP contribution < -0.4 is 10.1 Å². The summed E-state index contributed by atoms with van der Waals surface area (Å²) in [6.07, 6.45) is 0. The molecule has 0 aliphatic rings. The topological polar surface area (TPSA) is 58.6 Å². The summed E-state index contributed by atoms with van der Waals surface area (Å²) in [6, 6.07) is 19.7. The number of carbonyl (C=O) groups excluding carboxylic acids is 2. The van der Waals surface area contributed by atoms with E-state index in [9.17, 15) is 9.59 Å². The van der Waals surface area contributed by atoms with Crippen molar-refractivity contribution in [1.82, 2.24) is 4.90 Å². The first-order chi connectivity index (χ1) is 14.4. The molecule has 0 heterocycles. The van der Waals surface area contributed by atoms with Gasteiger partial charge in [0.2, 0.25) is 11.8 Å². The molecule has 0 atom stereocenters. The first-order valence-corrected chi connectivity index (χ1v) is 10.8. The van der Waals surface area contributed by atoms with Crippen LogP contribution in [0.4, 0.5) is 5.69 Å². The molecular formula is C24H26N2O3S. The van der Waals surface area contributed by atoms with Gasteiger partial charge in [-0.1, -0.05) is 30.3 Å². The van der Waals surface area contributed by atoms with Crippen LogP contribution in [0.2, 0.25) is 0 Å². The van der Waals surface area contributed by atoms with E-state index in [1.165, 1.54) is 11.8 Å². The molecule has 0 saturated carbocycles. The number of fused-ring (bicyclic) bond motifs is 1. The maximum absolute atomic E-state index is 12.4. The van der Waals surface area contributed by atoms with Crippen LogP contribution in [0.15, 0.2) is 60.7 Å². The number of methoxy groups -OCH3 is 1. The number of thioether (sulfide) groups is 1. The summed E-state index contributed by atoms with van der Waals surface area (Å²) >= 11 is 1.32. The SMILES string of the molecule is COc1ccc2cc(CN(C)C(=O)CSCC(=O)Nc3cccc(C)c3)ccc2c1. The van der Waals surface area contributed by atoms with Gasteiger partial charge in [0, 0.05) is 19.3 Å². The molecule has 6 heteroatoms. The van der Waals surface area contributed by atoms with Crippen LogP contribution in [0.25, 0.3) is 10.8 Å². The van der Waals surface area contributed by atoms with E-state index in [2.05, 4.69) is 11.4 Å². The number of benzene rings is 3. The molecule has 3 aromatic rings. The molecule has 2 amide bonds. The molecule has 5 nitrogen and oxygen atoms in total. The first-order valence-electron chi connectivity index (χ1n) is 9.69. The Balaban J connectivity index is 1.47. The number of aryl methyl sites for hydroxylation is 1. The number of ether oxygens (including phenoxy) is 1. The Hall–Kier alpha value is -2.99. The van der Waals surface area contributed by atoms with Crippen LogP contribution in [0, 0.1) is 6.92 Å². The number of nitrogens with one attached hydrogen (secondary N) is 1. The Labute approximate surface area is 181 Å². The smallest absolute Gasteiger partial charge is 0.234 e. The van der Waals surface area contributed by atoms with E-state index in [0.29, 0.717) is 6.54 Å². The second kappa shape index (κ2) is 10.2. The minimum atomic E-state index is -0.106. The van der Waals surface area contributed by atoms with Gasteiger partial charge in [-0.2, -0.15) is 0 Å². The van der Waals surface area contributed by atoms with Crippen molar-refractivity contribution in [2.75, 3.05) is 31.0 Å². The predicted octanol–water partition coefficient (Wildman–Crippen LogP) is 4.49. The van der Waals surface area contributed by atoms with Crippen molar-refractivity contribution < 1.29 is 14.3 Å². The van der Waals surface area contributed by atoms with E-state index >= 15 is 0 Å². The van der Waals surface area contributed by atoms with Gasteiger partial charge in [0.05, 0.1) is 18.6 Å². The maximum Gasteiger partial charge on any atom is 0.234 e. The van der Waals surface area contributed by atoms with Gasteiger partial charge in [-0.25, -0.2) is 0 Å². The summed E-state index contributed by atoms with van der Waals surface area (Å²) < 4.78 is 5.26. The summed E-state index contributed by atoms with van der Waals surface area (Å²) in [7, 11) is 3.44. The highest BCUT2D eigenvalue weighted by Gasteiger charge is 2.11. The van der Waals surface area contributed by atoms with Crippen molar-refractivity contribution in [3.05, 3.63) is 71.8 Å². The molecule has 0 aliphatic carbocycles. The Morgan fingerprint density at radius 2 is 1.77 bits per heavy atom. The van der Waals surface area contributed by atoms with Crippen LogP contribution in [0.5, 0.6) is 5.75 Å². The molecule has 1 N–H and O–H groups in total. The molecule has 0 bridgehead atoms. The summed E-state index contributed by atoms with van der Waals surface area (Å²) in [5.74, 6) is 1.23. The Morgan fingerprint density at radius 1 is 1.00 bits per heavy atom.